The zero-order chi connectivity index (χ0) is 14.6. The molecule has 0 aliphatic rings. The summed E-state index contributed by atoms with van der Waals surface area (Å²) in [5, 5.41) is 21.1. The Morgan fingerprint density at radius 2 is 2.11 bits per heavy atom. The van der Waals surface area contributed by atoms with Crippen molar-refractivity contribution in [2.24, 2.45) is 0 Å². The molecule has 9 heteroatoms. The van der Waals surface area contributed by atoms with E-state index in [1.54, 1.807) is 6.07 Å². The molecule has 0 fully saturated rings. The van der Waals surface area contributed by atoms with Gasteiger partial charge in [0.1, 0.15) is 5.69 Å². The molecule has 0 aromatic heterocycles. The molecule has 5 nitrogen and oxygen atoms in total. The summed E-state index contributed by atoms with van der Waals surface area (Å²) < 4.78 is 49.3. The first-order valence-electron chi connectivity index (χ1n) is 4.86. The van der Waals surface area contributed by atoms with Crippen LogP contribution >= 0.6 is 0 Å². The van der Waals surface area contributed by atoms with Crippen LogP contribution in [-0.2, 0) is 0 Å². The molecular formula is C10H7F4N3O2. The van der Waals surface area contributed by atoms with Crippen LogP contribution in [0.3, 0.4) is 0 Å². The third kappa shape index (κ3) is 3.54. The fourth-order valence-corrected chi connectivity index (χ4v) is 1.20. The fourth-order valence-electron chi connectivity index (χ4n) is 1.20. The Morgan fingerprint density at radius 3 is 2.58 bits per heavy atom. The van der Waals surface area contributed by atoms with Gasteiger partial charge in [-0.1, -0.05) is 0 Å². The van der Waals surface area contributed by atoms with Crippen molar-refractivity contribution in [3.63, 3.8) is 0 Å². The molecule has 0 radical (unpaired) electrons. The minimum Gasteiger partial charge on any atom is -0.373 e. The van der Waals surface area contributed by atoms with Gasteiger partial charge in [0.05, 0.1) is 23.1 Å². The lowest BCUT2D eigenvalue weighted by atomic mass is 10.2. The Kier molecular flexibility index (Phi) is 4.26. The number of alkyl halides is 4. The minimum absolute atomic E-state index is 0.0199. The number of nitriles is 1. The molecule has 1 aromatic rings. The van der Waals surface area contributed by atoms with Crippen LogP contribution in [-0.4, -0.2) is 23.8 Å². The first kappa shape index (κ1) is 14.7. The summed E-state index contributed by atoms with van der Waals surface area (Å²) in [5.41, 5.74) is -1.01. The van der Waals surface area contributed by atoms with Crippen LogP contribution in [0, 0.1) is 21.4 Å². The van der Waals surface area contributed by atoms with Crippen LogP contribution in [0.2, 0.25) is 0 Å². The lowest BCUT2D eigenvalue weighted by molar-refractivity contribution is -0.384. The molecule has 0 atom stereocenters. The minimum atomic E-state index is -4.32. The number of benzene rings is 1. The van der Waals surface area contributed by atoms with Crippen LogP contribution < -0.4 is 5.32 Å². The monoisotopic (exact) mass is 277 g/mol. The van der Waals surface area contributed by atoms with Crippen LogP contribution in [0.4, 0.5) is 28.9 Å². The number of nitrogens with zero attached hydrogens (tertiary/aromatic N) is 2. The van der Waals surface area contributed by atoms with E-state index in [0.29, 0.717) is 0 Å². The predicted molar refractivity (Wildman–Crippen MR) is 57.3 cm³/mol. The lowest BCUT2D eigenvalue weighted by Gasteiger charge is -2.16. The van der Waals surface area contributed by atoms with Crippen molar-refractivity contribution >= 4 is 11.4 Å². The van der Waals surface area contributed by atoms with Crippen molar-refractivity contribution in [2.75, 3.05) is 11.9 Å². The highest BCUT2D eigenvalue weighted by molar-refractivity contribution is 5.64. The molecule has 0 unspecified atom stereocenters. The maximum atomic E-state index is 12.7. The van der Waals surface area contributed by atoms with E-state index in [-0.39, 0.29) is 5.56 Å². The molecule has 1 rings (SSSR count). The molecule has 0 aliphatic carbocycles. The summed E-state index contributed by atoms with van der Waals surface area (Å²) in [6.07, 6.45) is -3.89. The van der Waals surface area contributed by atoms with Gasteiger partial charge in [-0.2, -0.15) is 14.0 Å². The first-order valence-corrected chi connectivity index (χ1v) is 4.86. The third-order valence-electron chi connectivity index (χ3n) is 2.16. The maximum Gasteiger partial charge on any atom is 0.324 e. The average molecular weight is 277 g/mol. The van der Waals surface area contributed by atoms with Crippen molar-refractivity contribution in [1.29, 1.82) is 5.26 Å². The van der Waals surface area contributed by atoms with Gasteiger partial charge in [0.15, 0.2) is 0 Å². The highest BCUT2D eigenvalue weighted by atomic mass is 19.3. The molecule has 0 bridgehead atoms. The molecule has 0 spiro atoms. The van der Waals surface area contributed by atoms with E-state index in [1.807, 2.05) is 5.32 Å². The van der Waals surface area contributed by atoms with Gasteiger partial charge in [0, 0.05) is 6.07 Å². The van der Waals surface area contributed by atoms with E-state index in [9.17, 15) is 27.7 Å². The Balaban J connectivity index is 2.99. The van der Waals surface area contributed by atoms with Crippen molar-refractivity contribution in [2.45, 2.75) is 12.3 Å². The third-order valence-corrected chi connectivity index (χ3v) is 2.16. The molecular weight excluding hydrogens is 270 g/mol. The van der Waals surface area contributed by atoms with Gasteiger partial charge >= 0.3 is 12.3 Å². The second-order valence-electron chi connectivity index (χ2n) is 3.52. The Morgan fingerprint density at radius 1 is 1.47 bits per heavy atom. The van der Waals surface area contributed by atoms with Gasteiger partial charge in [0.25, 0.3) is 5.69 Å². The molecule has 0 saturated carbocycles. The second kappa shape index (κ2) is 5.51. The number of hydrogen-bond acceptors (Lipinski definition) is 4. The summed E-state index contributed by atoms with van der Waals surface area (Å²) in [6, 6.07) is 4.65. The van der Waals surface area contributed by atoms with Gasteiger partial charge in [-0.3, -0.25) is 10.1 Å². The van der Waals surface area contributed by atoms with Crippen LogP contribution in [0.15, 0.2) is 18.2 Å². The number of nitro benzene ring substituents is 1. The van der Waals surface area contributed by atoms with E-state index in [0.717, 1.165) is 18.2 Å². The molecule has 0 saturated heterocycles. The second-order valence-corrected chi connectivity index (χ2v) is 3.52. The quantitative estimate of drug-likeness (QED) is 0.510. The van der Waals surface area contributed by atoms with Gasteiger partial charge in [-0.05, 0) is 12.1 Å². The van der Waals surface area contributed by atoms with Gasteiger partial charge < -0.3 is 5.32 Å². The van der Waals surface area contributed by atoms with Crippen molar-refractivity contribution in [1.82, 2.24) is 0 Å². The van der Waals surface area contributed by atoms with Crippen molar-refractivity contribution in [3.05, 3.63) is 33.9 Å². The predicted octanol–water partition coefficient (Wildman–Crippen LogP) is 2.78. The van der Waals surface area contributed by atoms with Crippen LogP contribution in [0.5, 0.6) is 0 Å². The zero-order valence-electron chi connectivity index (χ0n) is 9.24. The van der Waals surface area contributed by atoms with E-state index in [2.05, 4.69) is 0 Å². The topological polar surface area (TPSA) is 79.0 Å². The standard InChI is InChI=1S/C10H7F4N3O2/c11-9(12)10(13,14)5-16-7-3-6(4-15)1-2-8(7)17(18)19/h1-3,9,16H,5H2. The number of nitro groups is 1. The van der Waals surface area contributed by atoms with Gasteiger partial charge in [0.2, 0.25) is 0 Å². The maximum absolute atomic E-state index is 12.7. The lowest BCUT2D eigenvalue weighted by Crippen LogP contribution is -2.34. The summed E-state index contributed by atoms with van der Waals surface area (Å²) in [5.74, 6) is -4.32. The Bertz CT molecular complexity index is 528. The Hall–Kier alpha value is -2.37. The molecule has 19 heavy (non-hydrogen) atoms. The summed E-state index contributed by atoms with van der Waals surface area (Å²) in [7, 11) is 0. The molecule has 0 amide bonds. The summed E-state index contributed by atoms with van der Waals surface area (Å²) in [4.78, 5) is 9.76. The summed E-state index contributed by atoms with van der Waals surface area (Å²) in [6.45, 7) is -1.47. The van der Waals surface area contributed by atoms with E-state index >= 15 is 0 Å². The number of nitrogens with one attached hydrogen (secondary N) is 1. The molecule has 102 valence electrons. The summed E-state index contributed by atoms with van der Waals surface area (Å²) >= 11 is 0. The van der Waals surface area contributed by atoms with Crippen LogP contribution in [0.1, 0.15) is 5.56 Å². The average Bonchev–Trinajstić information content (AvgIpc) is 2.35. The van der Waals surface area contributed by atoms with Crippen molar-refractivity contribution in [3.8, 4) is 6.07 Å². The molecule has 1 aromatic carbocycles. The largest absolute Gasteiger partial charge is 0.373 e. The fraction of sp³-hybridized carbons (Fsp3) is 0.300. The zero-order valence-corrected chi connectivity index (χ0v) is 9.24. The molecule has 1 N–H and O–H groups in total. The highest BCUT2D eigenvalue weighted by Crippen LogP contribution is 2.28. The van der Waals surface area contributed by atoms with E-state index < -0.39 is 35.2 Å². The van der Waals surface area contributed by atoms with Gasteiger partial charge in [-0.25, -0.2) is 8.78 Å². The molecule has 0 heterocycles. The highest BCUT2D eigenvalue weighted by Gasteiger charge is 2.40. The Labute approximate surface area is 104 Å². The van der Waals surface area contributed by atoms with Crippen molar-refractivity contribution < 1.29 is 22.5 Å². The number of hydrogen-bond donors (Lipinski definition) is 1. The first-order chi connectivity index (χ1) is 8.77. The number of rotatable bonds is 5. The van der Waals surface area contributed by atoms with Crippen LogP contribution in [0.25, 0.3) is 0 Å². The number of halogens is 4. The van der Waals surface area contributed by atoms with E-state index in [1.165, 1.54) is 0 Å². The molecule has 0 aliphatic heterocycles. The smallest absolute Gasteiger partial charge is 0.324 e. The normalized spacial score (nSPS) is 11.2. The van der Waals surface area contributed by atoms with Gasteiger partial charge in [-0.15, -0.1) is 0 Å². The SMILES string of the molecule is N#Cc1ccc([N+](=O)[O-])c(NCC(F)(F)C(F)F)c1. The van der Waals surface area contributed by atoms with E-state index in [4.69, 9.17) is 5.26 Å². The number of anilines is 1.